The molecule has 0 unspecified atom stereocenters. The third kappa shape index (κ3) is 4.88. The molecule has 0 aromatic heterocycles. The molecule has 1 heterocycles. The molecule has 1 fully saturated rings. The molecule has 1 saturated heterocycles. The first-order valence-corrected chi connectivity index (χ1v) is 9.32. The van der Waals surface area contributed by atoms with Crippen molar-refractivity contribution in [2.24, 2.45) is 5.92 Å². The van der Waals surface area contributed by atoms with Gasteiger partial charge in [0.2, 0.25) is 11.8 Å². The summed E-state index contributed by atoms with van der Waals surface area (Å²) in [4.78, 5) is 26.5. The molecule has 1 aliphatic heterocycles. The van der Waals surface area contributed by atoms with Crippen molar-refractivity contribution in [2.75, 3.05) is 11.4 Å². The first-order chi connectivity index (χ1) is 12.9. The quantitative estimate of drug-likeness (QED) is 0.852. The van der Waals surface area contributed by atoms with Crippen molar-refractivity contribution in [3.63, 3.8) is 0 Å². The van der Waals surface area contributed by atoms with E-state index in [1.807, 2.05) is 69.3 Å². The van der Waals surface area contributed by atoms with Crippen molar-refractivity contribution in [1.29, 1.82) is 0 Å². The van der Waals surface area contributed by atoms with Crippen LogP contribution < -0.4 is 15.0 Å². The van der Waals surface area contributed by atoms with Crippen molar-refractivity contribution in [2.45, 2.75) is 39.8 Å². The van der Waals surface area contributed by atoms with Gasteiger partial charge in [0, 0.05) is 25.2 Å². The summed E-state index contributed by atoms with van der Waals surface area (Å²) in [6.45, 7) is 6.82. The number of hydrogen-bond donors (Lipinski definition) is 1. The Balaban J connectivity index is 1.55. The van der Waals surface area contributed by atoms with Crippen LogP contribution in [0.2, 0.25) is 0 Å². The Bertz CT molecular complexity index is 815. The van der Waals surface area contributed by atoms with Gasteiger partial charge in [0.25, 0.3) is 0 Å². The Morgan fingerprint density at radius 1 is 1.22 bits per heavy atom. The lowest BCUT2D eigenvalue weighted by Gasteiger charge is -2.17. The molecule has 2 aromatic carbocycles. The Hall–Kier alpha value is -2.82. The molecular weight excluding hydrogens is 340 g/mol. The first-order valence-electron chi connectivity index (χ1n) is 9.32. The standard InChI is InChI=1S/C22H26N2O3/c1-15(2)27-20-9-7-17(8-10-20)13-23-22(26)18-12-21(25)24(14-18)19-6-4-5-16(3)11-19/h4-11,15,18H,12-14H2,1-3H3,(H,23,26)/t18-/m0/s1. The molecule has 1 atom stereocenters. The number of nitrogens with zero attached hydrogens (tertiary/aromatic N) is 1. The van der Waals surface area contributed by atoms with Gasteiger partial charge in [0.05, 0.1) is 12.0 Å². The zero-order chi connectivity index (χ0) is 19.4. The lowest BCUT2D eigenvalue weighted by atomic mass is 10.1. The minimum Gasteiger partial charge on any atom is -0.491 e. The molecule has 0 bridgehead atoms. The predicted octanol–water partition coefficient (Wildman–Crippen LogP) is 3.45. The summed E-state index contributed by atoms with van der Waals surface area (Å²) < 4.78 is 5.62. The van der Waals surface area contributed by atoms with Crippen LogP contribution >= 0.6 is 0 Å². The maximum absolute atomic E-state index is 12.5. The largest absolute Gasteiger partial charge is 0.491 e. The van der Waals surface area contributed by atoms with Gasteiger partial charge in [-0.2, -0.15) is 0 Å². The van der Waals surface area contributed by atoms with Crippen LogP contribution in [0.15, 0.2) is 48.5 Å². The number of amides is 2. The summed E-state index contributed by atoms with van der Waals surface area (Å²) in [5, 5.41) is 2.95. The van der Waals surface area contributed by atoms with Crippen LogP contribution in [0.25, 0.3) is 0 Å². The number of rotatable bonds is 6. The normalized spacial score (nSPS) is 16.7. The molecule has 0 aliphatic carbocycles. The summed E-state index contributed by atoms with van der Waals surface area (Å²) in [5.74, 6) is 0.411. The van der Waals surface area contributed by atoms with Crippen molar-refractivity contribution in [3.8, 4) is 5.75 Å². The van der Waals surface area contributed by atoms with Crippen LogP contribution in [-0.4, -0.2) is 24.5 Å². The van der Waals surface area contributed by atoms with E-state index >= 15 is 0 Å². The van der Waals surface area contributed by atoms with Gasteiger partial charge in [-0.25, -0.2) is 0 Å². The van der Waals surface area contributed by atoms with Gasteiger partial charge in [-0.05, 0) is 56.2 Å². The molecule has 5 nitrogen and oxygen atoms in total. The fourth-order valence-electron chi connectivity index (χ4n) is 3.22. The van der Waals surface area contributed by atoms with Crippen molar-refractivity contribution in [3.05, 3.63) is 59.7 Å². The van der Waals surface area contributed by atoms with E-state index in [0.717, 1.165) is 22.6 Å². The molecule has 1 N–H and O–H groups in total. The molecular formula is C22H26N2O3. The maximum Gasteiger partial charge on any atom is 0.227 e. The van der Waals surface area contributed by atoms with Crippen LogP contribution in [0.4, 0.5) is 5.69 Å². The second-order valence-corrected chi connectivity index (χ2v) is 7.27. The summed E-state index contributed by atoms with van der Waals surface area (Å²) in [7, 11) is 0. The molecule has 2 aromatic rings. The second-order valence-electron chi connectivity index (χ2n) is 7.27. The molecule has 5 heteroatoms. The average Bonchev–Trinajstić information content (AvgIpc) is 3.02. The summed E-state index contributed by atoms with van der Waals surface area (Å²) >= 11 is 0. The van der Waals surface area contributed by atoms with Crippen LogP contribution in [0.3, 0.4) is 0 Å². The number of carbonyl (C=O) groups is 2. The fourth-order valence-corrected chi connectivity index (χ4v) is 3.22. The first kappa shape index (κ1) is 19.0. The van der Waals surface area contributed by atoms with Gasteiger partial charge in [0.1, 0.15) is 5.75 Å². The summed E-state index contributed by atoms with van der Waals surface area (Å²) in [5.41, 5.74) is 2.95. The van der Waals surface area contributed by atoms with Gasteiger partial charge in [-0.15, -0.1) is 0 Å². The van der Waals surface area contributed by atoms with E-state index in [1.54, 1.807) is 4.90 Å². The van der Waals surface area contributed by atoms with Crippen molar-refractivity contribution >= 4 is 17.5 Å². The molecule has 2 amide bonds. The number of nitrogens with one attached hydrogen (secondary N) is 1. The SMILES string of the molecule is Cc1cccc(N2C[C@@H](C(=O)NCc3ccc(OC(C)C)cc3)CC2=O)c1. The zero-order valence-electron chi connectivity index (χ0n) is 16.1. The summed E-state index contributed by atoms with van der Waals surface area (Å²) in [6.07, 6.45) is 0.382. The highest BCUT2D eigenvalue weighted by molar-refractivity contribution is 6.00. The van der Waals surface area contributed by atoms with E-state index < -0.39 is 0 Å². The van der Waals surface area contributed by atoms with Crippen LogP contribution in [0.1, 0.15) is 31.4 Å². The monoisotopic (exact) mass is 366 g/mol. The molecule has 3 rings (SSSR count). The van der Waals surface area contributed by atoms with E-state index in [4.69, 9.17) is 4.74 Å². The predicted molar refractivity (Wildman–Crippen MR) is 106 cm³/mol. The number of benzene rings is 2. The maximum atomic E-state index is 12.5. The molecule has 0 saturated carbocycles. The third-order valence-electron chi connectivity index (χ3n) is 4.57. The zero-order valence-corrected chi connectivity index (χ0v) is 16.1. The fraction of sp³-hybridized carbons (Fsp3) is 0.364. The number of anilines is 1. The summed E-state index contributed by atoms with van der Waals surface area (Å²) in [6, 6.07) is 15.5. The van der Waals surface area contributed by atoms with Gasteiger partial charge >= 0.3 is 0 Å². The Morgan fingerprint density at radius 2 is 1.96 bits per heavy atom. The van der Waals surface area contributed by atoms with Gasteiger partial charge in [-0.3, -0.25) is 9.59 Å². The number of ether oxygens (including phenoxy) is 1. The van der Waals surface area contributed by atoms with E-state index in [9.17, 15) is 9.59 Å². The van der Waals surface area contributed by atoms with E-state index in [0.29, 0.717) is 13.1 Å². The average molecular weight is 366 g/mol. The highest BCUT2D eigenvalue weighted by Crippen LogP contribution is 2.26. The Labute approximate surface area is 160 Å². The molecule has 27 heavy (non-hydrogen) atoms. The number of aryl methyl sites for hydroxylation is 1. The highest BCUT2D eigenvalue weighted by Gasteiger charge is 2.34. The number of hydrogen-bond acceptors (Lipinski definition) is 3. The Morgan fingerprint density at radius 3 is 2.63 bits per heavy atom. The minimum absolute atomic E-state index is 0.00376. The lowest BCUT2D eigenvalue weighted by Crippen LogP contribution is -2.32. The Kier molecular flexibility index (Phi) is 5.79. The molecule has 142 valence electrons. The lowest BCUT2D eigenvalue weighted by molar-refractivity contribution is -0.126. The van der Waals surface area contributed by atoms with Crippen LogP contribution in [-0.2, 0) is 16.1 Å². The van der Waals surface area contributed by atoms with Gasteiger partial charge in [-0.1, -0.05) is 24.3 Å². The van der Waals surface area contributed by atoms with Crippen LogP contribution in [0, 0.1) is 12.8 Å². The molecule has 0 radical (unpaired) electrons. The van der Waals surface area contributed by atoms with Crippen LogP contribution in [0.5, 0.6) is 5.75 Å². The van der Waals surface area contributed by atoms with E-state index in [1.165, 1.54) is 0 Å². The minimum atomic E-state index is -0.318. The third-order valence-corrected chi connectivity index (χ3v) is 4.57. The second kappa shape index (κ2) is 8.25. The van der Waals surface area contributed by atoms with Gasteiger partial charge in [0.15, 0.2) is 0 Å². The highest BCUT2D eigenvalue weighted by atomic mass is 16.5. The topological polar surface area (TPSA) is 58.6 Å². The molecule has 1 aliphatic rings. The molecule has 0 spiro atoms. The van der Waals surface area contributed by atoms with E-state index in [-0.39, 0.29) is 30.3 Å². The number of carbonyl (C=O) groups excluding carboxylic acids is 2. The van der Waals surface area contributed by atoms with Gasteiger partial charge < -0.3 is 15.0 Å². The van der Waals surface area contributed by atoms with E-state index in [2.05, 4.69) is 5.32 Å². The smallest absolute Gasteiger partial charge is 0.227 e. The van der Waals surface area contributed by atoms with Crippen molar-refractivity contribution < 1.29 is 14.3 Å². The van der Waals surface area contributed by atoms with Crippen molar-refractivity contribution in [1.82, 2.24) is 5.32 Å².